The van der Waals surface area contributed by atoms with Gasteiger partial charge in [-0.05, 0) is 31.3 Å². The SMILES string of the molecule is CN1CCN(c2ccc(Sc3ccccc3)c([N+](=O)[O-])c2)CC1. The highest BCUT2D eigenvalue weighted by atomic mass is 32.2. The fraction of sp³-hybridized carbons (Fsp3) is 0.294. The Hall–Kier alpha value is -2.05. The van der Waals surface area contributed by atoms with Crippen LogP contribution >= 0.6 is 11.8 Å². The first-order valence-corrected chi connectivity index (χ1v) is 8.40. The number of benzene rings is 2. The third-order valence-electron chi connectivity index (χ3n) is 3.98. The largest absolute Gasteiger partial charge is 0.369 e. The molecule has 23 heavy (non-hydrogen) atoms. The van der Waals surface area contributed by atoms with E-state index < -0.39 is 0 Å². The van der Waals surface area contributed by atoms with Crippen LogP contribution in [0.15, 0.2) is 58.3 Å². The monoisotopic (exact) mass is 329 g/mol. The van der Waals surface area contributed by atoms with Crippen LogP contribution in [-0.2, 0) is 0 Å². The number of nitro benzene ring substituents is 1. The van der Waals surface area contributed by atoms with Crippen LogP contribution < -0.4 is 4.90 Å². The minimum atomic E-state index is -0.287. The van der Waals surface area contributed by atoms with Gasteiger partial charge in [0.25, 0.3) is 5.69 Å². The van der Waals surface area contributed by atoms with Crippen molar-refractivity contribution in [2.45, 2.75) is 9.79 Å². The van der Waals surface area contributed by atoms with E-state index in [0.717, 1.165) is 36.8 Å². The Labute approximate surface area is 140 Å². The van der Waals surface area contributed by atoms with E-state index in [0.29, 0.717) is 4.90 Å². The lowest BCUT2D eigenvalue weighted by Gasteiger charge is -2.34. The van der Waals surface area contributed by atoms with Gasteiger partial charge in [0.05, 0.1) is 9.82 Å². The van der Waals surface area contributed by atoms with Gasteiger partial charge in [-0.3, -0.25) is 10.1 Å². The van der Waals surface area contributed by atoms with Crippen LogP contribution in [0.1, 0.15) is 0 Å². The van der Waals surface area contributed by atoms with Gasteiger partial charge in [-0.25, -0.2) is 0 Å². The summed E-state index contributed by atoms with van der Waals surface area (Å²) in [7, 11) is 2.10. The second-order valence-corrected chi connectivity index (χ2v) is 6.73. The van der Waals surface area contributed by atoms with E-state index in [9.17, 15) is 10.1 Å². The molecule has 0 unspecified atom stereocenters. The van der Waals surface area contributed by atoms with Crippen LogP contribution in [-0.4, -0.2) is 43.0 Å². The molecule has 0 amide bonds. The van der Waals surface area contributed by atoms with E-state index in [2.05, 4.69) is 16.8 Å². The molecule has 120 valence electrons. The van der Waals surface area contributed by atoms with Crippen molar-refractivity contribution in [3.8, 4) is 0 Å². The number of piperazine rings is 1. The zero-order chi connectivity index (χ0) is 16.2. The molecule has 2 aromatic carbocycles. The van der Waals surface area contributed by atoms with Gasteiger partial charge in [-0.15, -0.1) is 0 Å². The molecule has 0 atom stereocenters. The smallest absolute Gasteiger partial charge is 0.285 e. The summed E-state index contributed by atoms with van der Waals surface area (Å²) in [5.41, 5.74) is 1.11. The summed E-state index contributed by atoms with van der Waals surface area (Å²) in [5.74, 6) is 0. The zero-order valence-electron chi connectivity index (χ0n) is 13.0. The van der Waals surface area contributed by atoms with Gasteiger partial charge in [0.2, 0.25) is 0 Å². The average molecular weight is 329 g/mol. The molecule has 6 heteroatoms. The molecule has 1 fully saturated rings. The summed E-state index contributed by atoms with van der Waals surface area (Å²) in [4.78, 5) is 17.3. The average Bonchev–Trinajstić information content (AvgIpc) is 2.57. The lowest BCUT2D eigenvalue weighted by atomic mass is 10.2. The predicted octanol–water partition coefficient (Wildman–Crippen LogP) is 3.50. The van der Waals surface area contributed by atoms with Gasteiger partial charge >= 0.3 is 0 Å². The van der Waals surface area contributed by atoms with E-state index in [4.69, 9.17) is 0 Å². The molecule has 0 bridgehead atoms. The maximum atomic E-state index is 11.5. The molecule has 1 heterocycles. The molecule has 1 saturated heterocycles. The highest BCUT2D eigenvalue weighted by Gasteiger charge is 2.20. The van der Waals surface area contributed by atoms with Crippen molar-refractivity contribution in [1.82, 2.24) is 4.90 Å². The molecule has 0 spiro atoms. The second kappa shape index (κ2) is 7.02. The van der Waals surface area contributed by atoms with Crippen LogP contribution in [0.5, 0.6) is 0 Å². The van der Waals surface area contributed by atoms with E-state index >= 15 is 0 Å². The molecule has 0 N–H and O–H groups in total. The van der Waals surface area contributed by atoms with Crippen molar-refractivity contribution in [2.75, 3.05) is 38.1 Å². The van der Waals surface area contributed by atoms with Crippen LogP contribution in [0.4, 0.5) is 11.4 Å². The van der Waals surface area contributed by atoms with E-state index in [1.165, 1.54) is 11.8 Å². The quantitative estimate of drug-likeness (QED) is 0.635. The first-order valence-electron chi connectivity index (χ1n) is 7.58. The Morgan fingerprint density at radius 3 is 2.39 bits per heavy atom. The highest BCUT2D eigenvalue weighted by Crippen LogP contribution is 2.37. The number of nitrogens with zero attached hydrogens (tertiary/aromatic N) is 3. The fourth-order valence-electron chi connectivity index (χ4n) is 2.61. The van der Waals surface area contributed by atoms with E-state index in [-0.39, 0.29) is 10.6 Å². The molecule has 0 aromatic heterocycles. The highest BCUT2D eigenvalue weighted by molar-refractivity contribution is 7.99. The molecule has 1 aliphatic heterocycles. The first kappa shape index (κ1) is 15.8. The van der Waals surface area contributed by atoms with Crippen molar-refractivity contribution in [1.29, 1.82) is 0 Å². The Balaban J connectivity index is 1.85. The third-order valence-corrected chi connectivity index (χ3v) is 5.05. The van der Waals surface area contributed by atoms with E-state index in [1.54, 1.807) is 6.07 Å². The van der Waals surface area contributed by atoms with E-state index in [1.807, 2.05) is 42.5 Å². The Bertz CT molecular complexity index is 685. The van der Waals surface area contributed by atoms with Gasteiger partial charge in [0.1, 0.15) is 0 Å². The summed E-state index contributed by atoms with van der Waals surface area (Å²) in [6.45, 7) is 3.76. The number of anilines is 1. The predicted molar refractivity (Wildman–Crippen MR) is 93.4 cm³/mol. The van der Waals surface area contributed by atoms with Crippen LogP contribution in [0.3, 0.4) is 0 Å². The maximum Gasteiger partial charge on any atom is 0.285 e. The number of hydrogen-bond acceptors (Lipinski definition) is 5. The molecular weight excluding hydrogens is 310 g/mol. The number of hydrogen-bond donors (Lipinski definition) is 0. The van der Waals surface area contributed by atoms with Crippen molar-refractivity contribution in [2.24, 2.45) is 0 Å². The molecule has 5 nitrogen and oxygen atoms in total. The van der Waals surface area contributed by atoms with Gasteiger partial charge in [0, 0.05) is 42.8 Å². The molecule has 0 radical (unpaired) electrons. The molecule has 3 rings (SSSR count). The van der Waals surface area contributed by atoms with Crippen molar-refractivity contribution >= 4 is 23.1 Å². The second-order valence-electron chi connectivity index (χ2n) is 5.61. The number of likely N-dealkylation sites (N-methyl/N-ethyl adjacent to an activating group) is 1. The molecule has 0 aliphatic carbocycles. The van der Waals surface area contributed by atoms with Gasteiger partial charge in [-0.1, -0.05) is 30.0 Å². The van der Waals surface area contributed by atoms with Crippen LogP contribution in [0.25, 0.3) is 0 Å². The van der Waals surface area contributed by atoms with Gasteiger partial charge in [0.15, 0.2) is 0 Å². The zero-order valence-corrected chi connectivity index (χ0v) is 13.8. The van der Waals surface area contributed by atoms with Crippen LogP contribution in [0, 0.1) is 10.1 Å². The Morgan fingerprint density at radius 2 is 1.74 bits per heavy atom. The maximum absolute atomic E-state index is 11.5. The molecule has 2 aromatic rings. The minimum Gasteiger partial charge on any atom is -0.369 e. The standard InChI is InChI=1S/C17H19N3O2S/c1-18-9-11-19(12-10-18)14-7-8-17(16(13-14)20(21)22)23-15-5-3-2-4-6-15/h2-8,13H,9-12H2,1H3. The molecule has 0 saturated carbocycles. The third kappa shape index (κ3) is 3.83. The van der Waals surface area contributed by atoms with Crippen LogP contribution in [0.2, 0.25) is 0 Å². The number of nitro groups is 1. The lowest BCUT2D eigenvalue weighted by Crippen LogP contribution is -2.44. The number of rotatable bonds is 4. The fourth-order valence-corrected chi connectivity index (χ4v) is 3.53. The minimum absolute atomic E-state index is 0.176. The van der Waals surface area contributed by atoms with Gasteiger partial charge < -0.3 is 9.80 Å². The van der Waals surface area contributed by atoms with Crippen molar-refractivity contribution in [3.63, 3.8) is 0 Å². The molecule has 1 aliphatic rings. The summed E-state index contributed by atoms with van der Waals surface area (Å²) in [6.07, 6.45) is 0. The normalized spacial score (nSPS) is 15.6. The van der Waals surface area contributed by atoms with Gasteiger partial charge in [-0.2, -0.15) is 0 Å². The first-order chi connectivity index (χ1) is 11.1. The van der Waals surface area contributed by atoms with Crippen molar-refractivity contribution in [3.05, 3.63) is 58.6 Å². The summed E-state index contributed by atoms with van der Waals surface area (Å²) >= 11 is 1.43. The topological polar surface area (TPSA) is 49.6 Å². The summed E-state index contributed by atoms with van der Waals surface area (Å²) in [5, 5.41) is 11.5. The lowest BCUT2D eigenvalue weighted by molar-refractivity contribution is -0.387. The molecular formula is C17H19N3O2S. The van der Waals surface area contributed by atoms with Crippen molar-refractivity contribution < 1.29 is 4.92 Å². The summed E-state index contributed by atoms with van der Waals surface area (Å²) < 4.78 is 0. The Morgan fingerprint density at radius 1 is 1.04 bits per heavy atom. The summed E-state index contributed by atoms with van der Waals surface area (Å²) in [6, 6.07) is 15.3. The Kier molecular flexibility index (Phi) is 4.83.